The van der Waals surface area contributed by atoms with E-state index in [9.17, 15) is 9.59 Å². The Labute approximate surface area is 132 Å². The lowest BCUT2D eigenvalue weighted by atomic mass is 9.76. The first kappa shape index (κ1) is 17.3. The predicted octanol–water partition coefficient (Wildman–Crippen LogP) is 1.97. The molecule has 0 amide bonds. The highest BCUT2D eigenvalue weighted by molar-refractivity contribution is 6.51. The Morgan fingerprint density at radius 1 is 1.00 bits per heavy atom. The lowest BCUT2D eigenvalue weighted by Gasteiger charge is -2.32. The van der Waals surface area contributed by atoms with Gasteiger partial charge in [-0.2, -0.15) is 0 Å². The molecule has 0 N–H and O–H groups in total. The maximum Gasteiger partial charge on any atom is 0.462 e. The molecule has 1 aliphatic heterocycles. The Hall–Kier alpha value is -1.08. The molecule has 0 aromatic carbocycles. The van der Waals surface area contributed by atoms with Crippen LogP contribution in [-0.4, -0.2) is 43.5 Å². The van der Waals surface area contributed by atoms with Crippen LogP contribution in [0, 0.1) is 5.41 Å². The second kappa shape index (κ2) is 5.53. The van der Waals surface area contributed by atoms with Crippen LogP contribution in [0.15, 0.2) is 0 Å². The molecule has 0 radical (unpaired) electrons. The zero-order valence-electron chi connectivity index (χ0n) is 14.2. The molecule has 2 fully saturated rings. The molecule has 22 heavy (non-hydrogen) atoms. The zero-order valence-corrected chi connectivity index (χ0v) is 14.2. The van der Waals surface area contributed by atoms with Gasteiger partial charge in [-0.15, -0.1) is 0 Å². The minimum Gasteiger partial charge on any atom is -0.465 e. The van der Waals surface area contributed by atoms with Crippen molar-refractivity contribution >= 4 is 19.1 Å². The van der Waals surface area contributed by atoms with E-state index < -0.39 is 35.7 Å². The summed E-state index contributed by atoms with van der Waals surface area (Å²) in [4.78, 5) is 24.6. The summed E-state index contributed by atoms with van der Waals surface area (Å²) in [6, 6.07) is 0. The van der Waals surface area contributed by atoms with Crippen LogP contribution in [0.2, 0.25) is 5.82 Å². The van der Waals surface area contributed by atoms with Gasteiger partial charge in [0.25, 0.3) is 0 Å². The van der Waals surface area contributed by atoms with Gasteiger partial charge < -0.3 is 18.8 Å². The minimum absolute atomic E-state index is 0.218. The fourth-order valence-electron chi connectivity index (χ4n) is 2.74. The largest absolute Gasteiger partial charge is 0.465 e. The fraction of sp³-hybridized carbons (Fsp3) is 0.867. The molecular formula is C15H25BO6. The molecule has 1 saturated heterocycles. The standard InChI is InChI=1S/C15H25BO6/c1-7-19-11(17)15(12(18)20-8-2)9-10(15)16-21-13(3,4)14(5,6)22-16/h10H,7-9H2,1-6H3. The molecule has 6 nitrogen and oxygen atoms in total. The van der Waals surface area contributed by atoms with Gasteiger partial charge in [0, 0.05) is 5.82 Å². The van der Waals surface area contributed by atoms with Crippen LogP contribution in [-0.2, 0) is 28.4 Å². The summed E-state index contributed by atoms with van der Waals surface area (Å²) in [5, 5.41) is 0. The molecule has 1 atom stereocenters. The molecular weight excluding hydrogens is 287 g/mol. The Morgan fingerprint density at radius 3 is 1.77 bits per heavy atom. The van der Waals surface area contributed by atoms with Crippen LogP contribution in [0.4, 0.5) is 0 Å². The molecule has 0 bridgehead atoms. The van der Waals surface area contributed by atoms with Gasteiger partial charge in [0.15, 0.2) is 5.41 Å². The SMILES string of the molecule is CCOC(=O)C1(C(=O)OCC)CC1B1OC(C)(C)C(C)(C)O1. The van der Waals surface area contributed by atoms with E-state index in [2.05, 4.69) is 0 Å². The third-order valence-electron chi connectivity index (χ3n) is 4.89. The maximum atomic E-state index is 12.3. The number of hydrogen-bond donors (Lipinski definition) is 0. The highest BCUT2D eigenvalue weighted by Crippen LogP contribution is 2.63. The van der Waals surface area contributed by atoms with E-state index in [1.54, 1.807) is 13.8 Å². The molecule has 2 rings (SSSR count). The summed E-state index contributed by atoms with van der Waals surface area (Å²) in [6.07, 6.45) is 0.335. The molecule has 1 unspecified atom stereocenters. The summed E-state index contributed by atoms with van der Waals surface area (Å²) >= 11 is 0. The highest BCUT2D eigenvalue weighted by atomic mass is 16.7. The van der Waals surface area contributed by atoms with Crippen molar-refractivity contribution in [3.05, 3.63) is 0 Å². The monoisotopic (exact) mass is 312 g/mol. The van der Waals surface area contributed by atoms with Gasteiger partial charge in [0.1, 0.15) is 0 Å². The average Bonchev–Trinajstić information content (AvgIpc) is 3.09. The summed E-state index contributed by atoms with van der Waals surface area (Å²) in [6.45, 7) is 11.6. The normalized spacial score (nSPS) is 27.4. The van der Waals surface area contributed by atoms with Crippen molar-refractivity contribution in [3.8, 4) is 0 Å². The molecule has 0 spiro atoms. The zero-order chi connectivity index (χ0) is 16.8. The predicted molar refractivity (Wildman–Crippen MR) is 80.1 cm³/mol. The van der Waals surface area contributed by atoms with Crippen molar-refractivity contribution in [1.82, 2.24) is 0 Å². The van der Waals surface area contributed by atoms with E-state index in [0.29, 0.717) is 6.42 Å². The molecule has 1 aliphatic carbocycles. The fourth-order valence-corrected chi connectivity index (χ4v) is 2.74. The number of rotatable bonds is 5. The number of hydrogen-bond acceptors (Lipinski definition) is 6. The van der Waals surface area contributed by atoms with Crippen molar-refractivity contribution in [2.75, 3.05) is 13.2 Å². The summed E-state index contributed by atoms with van der Waals surface area (Å²) in [5.74, 6) is -1.46. The van der Waals surface area contributed by atoms with Gasteiger partial charge in [0.05, 0.1) is 24.4 Å². The van der Waals surface area contributed by atoms with Crippen molar-refractivity contribution < 1.29 is 28.4 Å². The van der Waals surface area contributed by atoms with Crippen molar-refractivity contribution in [2.45, 2.75) is 65.0 Å². The van der Waals surface area contributed by atoms with E-state index in [-0.39, 0.29) is 19.0 Å². The highest BCUT2D eigenvalue weighted by Gasteiger charge is 2.75. The number of carbonyl (C=O) groups excluding carboxylic acids is 2. The average molecular weight is 312 g/mol. The van der Waals surface area contributed by atoms with Gasteiger partial charge in [0.2, 0.25) is 0 Å². The second-order valence-electron chi connectivity index (χ2n) is 6.85. The first-order chi connectivity index (χ1) is 10.1. The van der Waals surface area contributed by atoms with Gasteiger partial charge in [-0.1, -0.05) is 0 Å². The summed E-state index contributed by atoms with van der Waals surface area (Å²) < 4.78 is 22.1. The number of carbonyl (C=O) groups is 2. The van der Waals surface area contributed by atoms with Gasteiger partial charge in [-0.05, 0) is 48.0 Å². The Morgan fingerprint density at radius 2 is 1.41 bits per heavy atom. The van der Waals surface area contributed by atoms with Crippen LogP contribution in [0.25, 0.3) is 0 Å². The molecule has 0 aromatic heterocycles. The van der Waals surface area contributed by atoms with E-state index >= 15 is 0 Å². The third kappa shape index (κ3) is 2.54. The molecule has 7 heteroatoms. The first-order valence-electron chi connectivity index (χ1n) is 7.82. The summed E-state index contributed by atoms with van der Waals surface area (Å²) in [7, 11) is -0.612. The summed E-state index contributed by atoms with van der Waals surface area (Å²) in [5.41, 5.74) is -2.29. The Kier molecular flexibility index (Phi) is 4.34. The molecule has 0 aromatic rings. The second-order valence-corrected chi connectivity index (χ2v) is 6.85. The van der Waals surface area contributed by atoms with Crippen LogP contribution < -0.4 is 0 Å². The van der Waals surface area contributed by atoms with E-state index in [4.69, 9.17) is 18.8 Å². The molecule has 1 heterocycles. The molecule has 1 saturated carbocycles. The first-order valence-corrected chi connectivity index (χ1v) is 7.82. The van der Waals surface area contributed by atoms with Crippen LogP contribution in [0.3, 0.4) is 0 Å². The lowest BCUT2D eigenvalue weighted by Crippen LogP contribution is -2.41. The molecule has 124 valence electrons. The third-order valence-corrected chi connectivity index (χ3v) is 4.89. The quantitative estimate of drug-likeness (QED) is 0.439. The van der Waals surface area contributed by atoms with Gasteiger partial charge >= 0.3 is 19.1 Å². The smallest absolute Gasteiger partial charge is 0.462 e. The van der Waals surface area contributed by atoms with Crippen LogP contribution in [0.5, 0.6) is 0 Å². The Bertz CT molecular complexity index is 439. The van der Waals surface area contributed by atoms with Crippen LogP contribution >= 0.6 is 0 Å². The van der Waals surface area contributed by atoms with Crippen molar-refractivity contribution in [1.29, 1.82) is 0 Å². The minimum atomic E-state index is -1.28. The maximum absolute atomic E-state index is 12.3. The van der Waals surface area contributed by atoms with Crippen molar-refractivity contribution in [2.24, 2.45) is 5.41 Å². The van der Waals surface area contributed by atoms with Gasteiger partial charge in [-0.3, -0.25) is 9.59 Å². The lowest BCUT2D eigenvalue weighted by molar-refractivity contribution is -0.164. The number of esters is 2. The Balaban J connectivity index is 2.20. The van der Waals surface area contributed by atoms with E-state index in [0.717, 1.165) is 0 Å². The van der Waals surface area contributed by atoms with Crippen LogP contribution in [0.1, 0.15) is 48.0 Å². The van der Waals surface area contributed by atoms with E-state index in [1.807, 2.05) is 27.7 Å². The number of ether oxygens (including phenoxy) is 2. The van der Waals surface area contributed by atoms with E-state index in [1.165, 1.54) is 0 Å². The van der Waals surface area contributed by atoms with Crippen molar-refractivity contribution in [3.63, 3.8) is 0 Å². The van der Waals surface area contributed by atoms with Gasteiger partial charge in [-0.25, -0.2) is 0 Å². The molecule has 2 aliphatic rings. The topological polar surface area (TPSA) is 71.1 Å².